The Morgan fingerprint density at radius 1 is 0.605 bits per heavy atom. The van der Waals surface area contributed by atoms with E-state index in [-0.39, 0.29) is 5.41 Å². The summed E-state index contributed by atoms with van der Waals surface area (Å²) in [7, 11) is 0. The van der Waals surface area contributed by atoms with E-state index < -0.39 is 13.9 Å². The first-order chi connectivity index (χ1) is 21.1. The van der Waals surface area contributed by atoms with Gasteiger partial charge in [-0.1, -0.05) is 0 Å². The first-order valence-corrected chi connectivity index (χ1v) is 20.6. The van der Waals surface area contributed by atoms with Crippen LogP contribution in [-0.2, 0) is 13.9 Å². The number of hydrogen-bond donors (Lipinski definition) is 0. The summed E-state index contributed by atoms with van der Waals surface area (Å²) in [5, 5.41) is 1.04. The van der Waals surface area contributed by atoms with Crippen LogP contribution >= 0.6 is 15.9 Å². The Kier molecular flexibility index (Phi) is 4.88. The zero-order chi connectivity index (χ0) is 28.9. The molecule has 214 valence electrons. The van der Waals surface area contributed by atoms with Gasteiger partial charge in [0.15, 0.2) is 0 Å². The van der Waals surface area contributed by atoms with Crippen LogP contribution in [-0.4, -0.2) is 8.97 Å². The Balaban J connectivity index is 1.59. The molecule has 0 amide bonds. The molecule has 5 aromatic rings. The molecule has 8 heteroatoms. The van der Waals surface area contributed by atoms with Crippen LogP contribution in [0.1, 0.15) is 31.9 Å². The molecule has 1 atom stereocenters. The maximum absolute atomic E-state index is 5.72. The minimum atomic E-state index is -5.72. The summed E-state index contributed by atoms with van der Waals surface area (Å²) in [6.07, 6.45) is 22.5. The molecule has 0 saturated heterocycles. The average molecular weight is 720 g/mol. The number of halogens is 1. The molecule has 5 aromatic heterocycles. The Morgan fingerprint density at radius 3 is 1.47 bits per heavy atom. The Bertz CT molecular complexity index is 1910. The van der Waals surface area contributed by atoms with Crippen LogP contribution in [0.5, 0.6) is 0 Å². The third kappa shape index (κ3) is 2.40. The first kappa shape index (κ1) is 25.6. The van der Waals surface area contributed by atoms with E-state index >= 15 is 0 Å². The van der Waals surface area contributed by atoms with E-state index in [1.165, 1.54) is 47.0 Å². The van der Waals surface area contributed by atoms with Crippen LogP contribution in [0.4, 0.5) is 0 Å². The van der Waals surface area contributed by atoms with Crippen molar-refractivity contribution in [3.05, 3.63) is 146 Å². The molecule has 0 N–H and O–H groups in total. The molecule has 0 saturated carbocycles. The fourth-order valence-electron chi connectivity index (χ4n) is 7.81. The molecule has 9 rings (SSSR count). The van der Waals surface area contributed by atoms with E-state index in [9.17, 15) is 0 Å². The van der Waals surface area contributed by atoms with Crippen molar-refractivity contribution in [3.63, 3.8) is 0 Å². The second-order valence-corrected chi connectivity index (χ2v) is 22.8. The Hall–Kier alpha value is -3.87. The molecule has 6 nitrogen and oxygen atoms in total. The molecule has 4 aliphatic heterocycles. The van der Waals surface area contributed by atoms with Crippen LogP contribution in [0.25, 0.3) is 28.5 Å². The van der Waals surface area contributed by atoms with Gasteiger partial charge in [0.05, 0.1) is 0 Å². The molecule has 0 aliphatic carbocycles. The predicted molar refractivity (Wildman–Crippen MR) is 163 cm³/mol. The van der Waals surface area contributed by atoms with E-state index in [0.717, 1.165) is 11.8 Å². The van der Waals surface area contributed by atoms with Gasteiger partial charge in [-0.15, -0.1) is 0 Å². The van der Waals surface area contributed by atoms with Crippen LogP contribution in [0.3, 0.4) is 0 Å². The second kappa shape index (κ2) is 8.19. The van der Waals surface area contributed by atoms with Crippen LogP contribution in [0.2, 0.25) is 0 Å². The summed E-state index contributed by atoms with van der Waals surface area (Å²) in [5.74, 6) is 0. The molecule has 4 aliphatic rings. The van der Waals surface area contributed by atoms with Gasteiger partial charge in [0.2, 0.25) is 0 Å². The number of nitrogens with zero attached hydrogens (tertiary/aromatic N) is 6. The molecule has 1 unspecified atom stereocenters. The normalized spacial score (nSPS) is 23.1. The van der Waals surface area contributed by atoms with Gasteiger partial charge >= 0.3 is 261 Å². The van der Waals surface area contributed by atoms with Gasteiger partial charge < -0.3 is 0 Å². The van der Waals surface area contributed by atoms with E-state index in [1.54, 1.807) is 0 Å². The van der Waals surface area contributed by atoms with Gasteiger partial charge in [-0.05, 0) is 0 Å². The van der Waals surface area contributed by atoms with E-state index in [0.29, 0.717) is 0 Å². The van der Waals surface area contributed by atoms with Gasteiger partial charge in [-0.25, -0.2) is 0 Å². The molecule has 0 aromatic carbocycles. The van der Waals surface area contributed by atoms with Crippen LogP contribution in [0.15, 0.2) is 140 Å². The summed E-state index contributed by atoms with van der Waals surface area (Å²) >= 11 is -2.06. The summed E-state index contributed by atoms with van der Waals surface area (Å²) in [6, 6.07) is 33.3. The molecular formula is C35H34BrN6Ru+5. The number of alkyl halides is 1. The van der Waals surface area contributed by atoms with Crippen molar-refractivity contribution >= 4 is 21.6 Å². The molecular weight excluding hydrogens is 685 g/mol. The second-order valence-electron chi connectivity index (χ2n) is 11.8. The quantitative estimate of drug-likeness (QED) is 0.152. The van der Waals surface area contributed by atoms with E-state index in [1.807, 2.05) is 0 Å². The zero-order valence-electron chi connectivity index (χ0n) is 24.0. The number of hydrogen-bond acceptors (Lipinski definition) is 1. The van der Waals surface area contributed by atoms with E-state index in [2.05, 4.69) is 183 Å². The molecule has 0 bridgehead atoms. The van der Waals surface area contributed by atoms with Crippen molar-refractivity contribution in [1.82, 2.24) is 3.64 Å². The monoisotopic (exact) mass is 719 g/mol. The van der Waals surface area contributed by atoms with Crippen molar-refractivity contribution in [3.8, 4) is 22.8 Å². The SMILES string of the molecule is CC1(CCCCBr)C=C[N]2C(=C1)c1cccc[n+]1[Ru]213([n+]2ccccc2-c2cccc[n+]21)[n+]1ccccc1-c1cccc[n+]13. The number of unbranched alkanes of at least 4 members (excludes halogenated alkanes) is 1. The third-order valence-corrected chi connectivity index (χ3v) is 25.3. The van der Waals surface area contributed by atoms with Crippen molar-refractivity contribution in [2.75, 3.05) is 5.33 Å². The number of pyridine rings is 5. The van der Waals surface area contributed by atoms with Gasteiger partial charge in [0.1, 0.15) is 0 Å². The van der Waals surface area contributed by atoms with Crippen molar-refractivity contribution in [2.45, 2.75) is 26.2 Å². The van der Waals surface area contributed by atoms with Crippen molar-refractivity contribution in [2.24, 2.45) is 5.41 Å². The number of fused-ring (bicyclic) bond motifs is 9. The van der Waals surface area contributed by atoms with Gasteiger partial charge in [0.25, 0.3) is 0 Å². The standard InChI is InChI=1S/C15H18BrN2.2C10H8N2.Ru/c1-15(7-3-4-9-16)8-11-18-14(12-15)13-6-2-5-10-17-13;2*1-3-7-11-9(5-1)10-6-2-4-8-12-10;/h2,5-6,8,10-12H,3-4,7,9H2,1H3;2*1-8H;/q-1;;;+6. The number of allylic oxidation sites excluding steroid dienone is 2. The Morgan fingerprint density at radius 2 is 1.02 bits per heavy atom. The predicted octanol–water partition coefficient (Wildman–Crippen LogP) is 4.60. The van der Waals surface area contributed by atoms with E-state index in [4.69, 9.17) is 0 Å². The molecule has 9 heterocycles. The third-order valence-electron chi connectivity index (χ3n) is 9.46. The van der Waals surface area contributed by atoms with Crippen LogP contribution < -0.4 is 16.5 Å². The molecule has 43 heavy (non-hydrogen) atoms. The summed E-state index contributed by atoms with van der Waals surface area (Å²) in [6.45, 7) is 2.39. The van der Waals surface area contributed by atoms with Gasteiger partial charge in [0, 0.05) is 0 Å². The van der Waals surface area contributed by atoms with Crippen LogP contribution in [0, 0.1) is 5.41 Å². The molecule has 0 fully saturated rings. The minimum absolute atomic E-state index is 0.0641. The number of rotatable bonds is 4. The zero-order valence-corrected chi connectivity index (χ0v) is 27.3. The summed E-state index contributed by atoms with van der Waals surface area (Å²) in [4.78, 5) is 0. The first-order valence-electron chi connectivity index (χ1n) is 14.9. The molecule has 1 spiro atoms. The Labute approximate surface area is 260 Å². The van der Waals surface area contributed by atoms with Crippen molar-refractivity contribution < 1.29 is 30.4 Å². The molecule has 0 radical (unpaired) electrons. The number of aromatic nitrogens is 5. The fraction of sp³-hybridized carbons (Fsp3) is 0.171. The summed E-state index contributed by atoms with van der Waals surface area (Å²) < 4.78 is 16.0. The van der Waals surface area contributed by atoms with Gasteiger partial charge in [-0.2, -0.15) is 0 Å². The van der Waals surface area contributed by atoms with Gasteiger partial charge in [-0.3, -0.25) is 0 Å². The fourth-order valence-corrected chi connectivity index (χ4v) is 26.2. The maximum atomic E-state index is 3.65. The van der Waals surface area contributed by atoms with Crippen molar-refractivity contribution in [1.29, 1.82) is 0 Å². The summed E-state index contributed by atoms with van der Waals surface area (Å²) in [5.41, 5.74) is 7.17. The average Bonchev–Trinajstić information content (AvgIpc) is 3.56. The topological polar surface area (TPSA) is 22.6 Å².